The first-order chi connectivity index (χ1) is 11.0. The molecule has 0 saturated heterocycles. The van der Waals surface area contributed by atoms with E-state index in [0.717, 1.165) is 0 Å². The summed E-state index contributed by atoms with van der Waals surface area (Å²) in [6.45, 7) is 1.40. The van der Waals surface area contributed by atoms with Crippen molar-refractivity contribution in [2.45, 2.75) is 6.92 Å². The smallest absolute Gasteiger partial charge is 0.222 e. The number of aromatic amines is 1. The van der Waals surface area contributed by atoms with Crippen molar-refractivity contribution in [3.05, 3.63) is 34.3 Å². The first-order valence-corrected chi connectivity index (χ1v) is 7.39. The summed E-state index contributed by atoms with van der Waals surface area (Å²) in [7, 11) is 1.79. The van der Waals surface area contributed by atoms with Crippen molar-refractivity contribution in [3.63, 3.8) is 0 Å². The van der Waals surface area contributed by atoms with Crippen molar-refractivity contribution >= 4 is 46.7 Å². The molecule has 0 radical (unpaired) electrons. The van der Waals surface area contributed by atoms with E-state index in [2.05, 4.69) is 20.3 Å². The van der Waals surface area contributed by atoms with Crippen LogP contribution in [0, 0.1) is 4.77 Å². The molecule has 0 aliphatic carbocycles. The van der Waals surface area contributed by atoms with Gasteiger partial charge >= 0.3 is 0 Å². The molecule has 0 aliphatic rings. The van der Waals surface area contributed by atoms with Gasteiger partial charge in [0.05, 0.1) is 6.20 Å². The van der Waals surface area contributed by atoms with E-state index >= 15 is 0 Å². The molecule has 9 heteroatoms. The average Bonchev–Trinajstić information content (AvgIpc) is 2.78. The molecule has 0 unspecified atom stereocenters. The van der Waals surface area contributed by atoms with Gasteiger partial charge in [0.2, 0.25) is 5.91 Å². The van der Waals surface area contributed by atoms with E-state index in [1.54, 1.807) is 23.7 Å². The summed E-state index contributed by atoms with van der Waals surface area (Å²) >= 11 is 11.6. The molecule has 3 aromatic heterocycles. The fourth-order valence-corrected chi connectivity index (χ4v) is 2.56. The molecule has 0 fully saturated rings. The molecule has 0 spiro atoms. The number of imidazole rings is 1. The van der Waals surface area contributed by atoms with Crippen LogP contribution in [0.4, 0.5) is 5.82 Å². The van der Waals surface area contributed by atoms with Gasteiger partial charge in [0.15, 0.2) is 16.2 Å². The van der Waals surface area contributed by atoms with Crippen LogP contribution in [-0.4, -0.2) is 25.4 Å². The number of carbonyl (C=O) groups is 1. The molecule has 2 N–H and O–H groups in total. The molecule has 0 saturated carbocycles. The number of ether oxygens (including phenoxy) is 1. The Hall–Kier alpha value is -2.45. The SMILES string of the molecule is CC(=O)Nc1cc(Oc2cnc3[nH]c(=S)n(C)c3c2Cl)ccn1. The first kappa shape index (κ1) is 15.4. The number of carbonyl (C=O) groups excluding carboxylic acids is 1. The van der Waals surface area contributed by atoms with Crippen LogP contribution in [0.25, 0.3) is 11.2 Å². The molecule has 0 aromatic carbocycles. The lowest BCUT2D eigenvalue weighted by Gasteiger charge is -2.09. The maximum atomic E-state index is 11.1. The molecular weight excluding hydrogens is 338 g/mol. The minimum atomic E-state index is -0.215. The Morgan fingerprint density at radius 1 is 1.48 bits per heavy atom. The number of nitrogens with zero attached hydrogens (tertiary/aromatic N) is 3. The number of H-pyrrole nitrogens is 1. The highest BCUT2D eigenvalue weighted by Gasteiger charge is 2.13. The fourth-order valence-electron chi connectivity index (χ4n) is 2.07. The molecule has 118 valence electrons. The minimum absolute atomic E-state index is 0.215. The highest BCUT2D eigenvalue weighted by Crippen LogP contribution is 2.34. The number of hydrogen-bond acceptors (Lipinski definition) is 5. The predicted octanol–water partition coefficient (Wildman–Crippen LogP) is 3.43. The Balaban J connectivity index is 1.98. The zero-order valence-electron chi connectivity index (χ0n) is 12.3. The second-order valence-electron chi connectivity index (χ2n) is 4.78. The first-order valence-electron chi connectivity index (χ1n) is 6.60. The number of hydrogen-bond donors (Lipinski definition) is 2. The van der Waals surface area contributed by atoms with Crippen LogP contribution in [0.2, 0.25) is 5.02 Å². The average molecular weight is 350 g/mol. The van der Waals surface area contributed by atoms with Gasteiger partial charge in [-0.1, -0.05) is 11.6 Å². The van der Waals surface area contributed by atoms with Gasteiger partial charge in [0, 0.05) is 26.2 Å². The summed E-state index contributed by atoms with van der Waals surface area (Å²) in [4.78, 5) is 22.3. The Morgan fingerprint density at radius 2 is 2.26 bits per heavy atom. The topological polar surface area (TPSA) is 84.8 Å². The van der Waals surface area contributed by atoms with Crippen molar-refractivity contribution < 1.29 is 9.53 Å². The van der Waals surface area contributed by atoms with Gasteiger partial charge in [-0.05, 0) is 18.3 Å². The van der Waals surface area contributed by atoms with E-state index in [1.807, 2.05) is 0 Å². The minimum Gasteiger partial charge on any atom is -0.454 e. The van der Waals surface area contributed by atoms with Gasteiger partial charge < -0.3 is 19.6 Å². The zero-order chi connectivity index (χ0) is 16.6. The van der Waals surface area contributed by atoms with E-state index in [-0.39, 0.29) is 5.91 Å². The summed E-state index contributed by atoms with van der Waals surface area (Å²) in [6, 6.07) is 3.25. The largest absolute Gasteiger partial charge is 0.454 e. The van der Waals surface area contributed by atoms with Gasteiger partial charge in [-0.2, -0.15) is 0 Å². The molecule has 23 heavy (non-hydrogen) atoms. The standard InChI is InChI=1S/C14H12ClN5O2S/c1-7(21)18-10-5-8(3-4-16-10)22-9-6-17-13-12(11(9)15)20(2)14(23)19-13/h3-6H,1-2H3,(H,16,18,21)(H,17,19,23). The second-order valence-corrected chi connectivity index (χ2v) is 5.55. The van der Waals surface area contributed by atoms with E-state index < -0.39 is 0 Å². The summed E-state index contributed by atoms with van der Waals surface area (Å²) in [5.74, 6) is 1.03. The zero-order valence-corrected chi connectivity index (χ0v) is 13.8. The van der Waals surface area contributed by atoms with Crippen molar-refractivity contribution in [1.82, 2.24) is 19.5 Å². The lowest BCUT2D eigenvalue weighted by Crippen LogP contribution is -2.07. The number of pyridine rings is 2. The van der Waals surface area contributed by atoms with Crippen LogP contribution < -0.4 is 10.1 Å². The monoisotopic (exact) mass is 349 g/mol. The lowest BCUT2D eigenvalue weighted by atomic mass is 10.4. The van der Waals surface area contributed by atoms with Crippen LogP contribution in [0.5, 0.6) is 11.5 Å². The third kappa shape index (κ3) is 3.03. The molecular formula is C14H12ClN5O2S. The highest BCUT2D eigenvalue weighted by molar-refractivity contribution is 7.71. The van der Waals surface area contributed by atoms with Crippen LogP contribution >= 0.6 is 23.8 Å². The van der Waals surface area contributed by atoms with E-state index in [9.17, 15) is 4.79 Å². The number of aryl methyl sites for hydroxylation is 1. The highest BCUT2D eigenvalue weighted by atomic mass is 35.5. The Morgan fingerprint density at radius 3 is 3.00 bits per heavy atom. The summed E-state index contributed by atoms with van der Waals surface area (Å²) in [5.41, 5.74) is 1.24. The van der Waals surface area contributed by atoms with Gasteiger partial charge in [-0.3, -0.25) is 4.79 Å². The maximum Gasteiger partial charge on any atom is 0.222 e. The Kier molecular flexibility index (Phi) is 4.01. The summed E-state index contributed by atoms with van der Waals surface area (Å²) in [5, 5.41) is 2.98. The molecule has 7 nitrogen and oxygen atoms in total. The van der Waals surface area contributed by atoms with E-state index in [4.69, 9.17) is 28.6 Å². The third-order valence-corrected chi connectivity index (χ3v) is 3.83. The van der Waals surface area contributed by atoms with E-state index in [1.165, 1.54) is 19.3 Å². The van der Waals surface area contributed by atoms with Gasteiger partial charge in [-0.25, -0.2) is 9.97 Å². The number of nitrogens with one attached hydrogen (secondary N) is 2. The van der Waals surface area contributed by atoms with Crippen molar-refractivity contribution in [1.29, 1.82) is 0 Å². The number of halogens is 1. The Bertz CT molecular complexity index is 965. The van der Waals surface area contributed by atoms with Crippen LogP contribution in [0.3, 0.4) is 0 Å². The van der Waals surface area contributed by atoms with Crippen LogP contribution in [0.15, 0.2) is 24.5 Å². The quantitative estimate of drug-likeness (QED) is 0.707. The number of anilines is 1. The normalized spacial score (nSPS) is 10.7. The molecule has 0 bridgehead atoms. The van der Waals surface area contributed by atoms with Crippen LogP contribution in [0.1, 0.15) is 6.92 Å². The van der Waals surface area contributed by atoms with Crippen molar-refractivity contribution in [2.75, 3.05) is 5.32 Å². The number of fused-ring (bicyclic) bond motifs is 1. The maximum absolute atomic E-state index is 11.1. The Labute approximate surface area is 141 Å². The molecule has 0 atom stereocenters. The third-order valence-electron chi connectivity index (χ3n) is 3.09. The number of amides is 1. The molecule has 3 aromatic rings. The summed E-state index contributed by atoms with van der Waals surface area (Å²) < 4.78 is 8.00. The molecule has 0 aliphatic heterocycles. The molecule has 3 heterocycles. The van der Waals surface area contributed by atoms with Crippen LogP contribution in [-0.2, 0) is 11.8 Å². The molecule has 3 rings (SSSR count). The number of rotatable bonds is 3. The van der Waals surface area contributed by atoms with Gasteiger partial charge in [0.1, 0.15) is 22.1 Å². The van der Waals surface area contributed by atoms with Gasteiger partial charge in [-0.15, -0.1) is 0 Å². The lowest BCUT2D eigenvalue weighted by molar-refractivity contribution is -0.114. The summed E-state index contributed by atoms with van der Waals surface area (Å²) in [6.07, 6.45) is 3.03. The second kappa shape index (κ2) is 5.98. The van der Waals surface area contributed by atoms with Crippen molar-refractivity contribution in [2.24, 2.45) is 7.05 Å². The van der Waals surface area contributed by atoms with Crippen molar-refractivity contribution in [3.8, 4) is 11.5 Å². The molecule has 1 amide bonds. The van der Waals surface area contributed by atoms with E-state index in [0.29, 0.717) is 38.3 Å². The van der Waals surface area contributed by atoms with Gasteiger partial charge in [0.25, 0.3) is 0 Å². The fraction of sp³-hybridized carbons (Fsp3) is 0.143. The predicted molar refractivity (Wildman–Crippen MR) is 89.5 cm³/mol. The number of aromatic nitrogens is 4.